The first-order valence-corrected chi connectivity index (χ1v) is 10.3. The molecule has 148 valence electrons. The van der Waals surface area contributed by atoms with Gasteiger partial charge < -0.3 is 9.47 Å². The molecule has 0 unspecified atom stereocenters. The summed E-state index contributed by atoms with van der Waals surface area (Å²) in [5.41, 5.74) is 4.60. The molecule has 0 aliphatic heterocycles. The van der Waals surface area contributed by atoms with Crippen molar-refractivity contribution >= 4 is 10.0 Å². The van der Waals surface area contributed by atoms with Crippen LogP contribution in [-0.2, 0) is 16.4 Å². The molecule has 0 amide bonds. The van der Waals surface area contributed by atoms with Crippen LogP contribution < -0.4 is 9.47 Å². The fourth-order valence-corrected chi connectivity index (χ4v) is 4.91. The molecule has 0 spiro atoms. The molecule has 0 bridgehead atoms. The number of hydrogen-bond acceptors (Lipinski definition) is 4. The highest BCUT2D eigenvalue weighted by atomic mass is 32.2. The van der Waals surface area contributed by atoms with E-state index < -0.39 is 10.0 Å². The number of methoxy groups -OCH3 is 2. The summed E-state index contributed by atoms with van der Waals surface area (Å²) in [4.78, 5) is 0.426. The number of aryl methyl sites for hydroxylation is 2. The third-order valence-corrected chi connectivity index (χ3v) is 7.26. The molecular formula is C21H29NO4S. The van der Waals surface area contributed by atoms with E-state index in [4.69, 9.17) is 9.47 Å². The van der Waals surface area contributed by atoms with Crippen molar-refractivity contribution in [2.24, 2.45) is 0 Å². The highest BCUT2D eigenvalue weighted by Gasteiger charge is 2.26. The second kappa shape index (κ2) is 8.31. The maximum absolute atomic E-state index is 13.2. The molecular weight excluding hydrogens is 362 g/mol. The molecule has 0 fully saturated rings. The molecule has 0 N–H and O–H groups in total. The molecule has 0 aromatic heterocycles. The van der Waals surface area contributed by atoms with Gasteiger partial charge in [0, 0.05) is 13.6 Å². The Kier molecular flexibility index (Phi) is 6.54. The molecule has 2 rings (SSSR count). The molecule has 27 heavy (non-hydrogen) atoms. The smallest absolute Gasteiger partial charge is 0.243 e. The lowest BCUT2D eigenvalue weighted by Crippen LogP contribution is -2.30. The van der Waals surface area contributed by atoms with Gasteiger partial charge in [0.2, 0.25) is 10.0 Å². The van der Waals surface area contributed by atoms with Crippen molar-refractivity contribution in [3.05, 3.63) is 52.1 Å². The highest BCUT2D eigenvalue weighted by Crippen LogP contribution is 2.30. The van der Waals surface area contributed by atoms with E-state index in [1.165, 1.54) is 4.31 Å². The van der Waals surface area contributed by atoms with Gasteiger partial charge in [-0.3, -0.25) is 0 Å². The standard InChI is InChI=1S/C21H29NO4S/c1-14-12-15(2)17(4)21(16(14)3)27(23,24)22(5)11-10-18-8-9-19(25-6)20(13-18)26-7/h8-9,12-13H,10-11H2,1-7H3. The van der Waals surface area contributed by atoms with Gasteiger partial charge in [0.1, 0.15) is 0 Å². The second-order valence-corrected chi connectivity index (χ2v) is 8.84. The number of hydrogen-bond donors (Lipinski definition) is 0. The Hall–Kier alpha value is -2.05. The zero-order chi connectivity index (χ0) is 20.4. The molecule has 2 aromatic rings. The summed E-state index contributed by atoms with van der Waals surface area (Å²) in [5.74, 6) is 1.30. The van der Waals surface area contributed by atoms with Crippen LogP contribution in [0.3, 0.4) is 0 Å². The average molecular weight is 392 g/mol. The molecule has 0 saturated heterocycles. The Morgan fingerprint density at radius 2 is 1.44 bits per heavy atom. The van der Waals surface area contributed by atoms with Crippen molar-refractivity contribution in [2.45, 2.75) is 39.0 Å². The minimum Gasteiger partial charge on any atom is -0.493 e. The quantitative estimate of drug-likeness (QED) is 0.720. The molecule has 0 atom stereocenters. The predicted octanol–water partition coefficient (Wildman–Crippen LogP) is 3.80. The van der Waals surface area contributed by atoms with Crippen LogP contribution >= 0.6 is 0 Å². The molecule has 5 nitrogen and oxygen atoms in total. The number of ether oxygens (including phenoxy) is 2. The van der Waals surface area contributed by atoms with E-state index in [2.05, 4.69) is 0 Å². The molecule has 2 aromatic carbocycles. The second-order valence-electron chi connectivity index (χ2n) is 6.86. The number of nitrogens with zero attached hydrogens (tertiary/aromatic N) is 1. The number of benzene rings is 2. The summed E-state index contributed by atoms with van der Waals surface area (Å²) >= 11 is 0. The first kappa shape index (κ1) is 21.3. The van der Waals surface area contributed by atoms with Gasteiger partial charge in [-0.15, -0.1) is 0 Å². The van der Waals surface area contributed by atoms with Gasteiger partial charge in [0.15, 0.2) is 11.5 Å². The first-order chi connectivity index (χ1) is 12.6. The lowest BCUT2D eigenvalue weighted by atomic mass is 10.0. The summed E-state index contributed by atoms with van der Waals surface area (Å²) in [6.45, 7) is 8.02. The van der Waals surface area contributed by atoms with E-state index in [0.29, 0.717) is 29.4 Å². The van der Waals surface area contributed by atoms with Crippen LogP contribution in [0.15, 0.2) is 29.2 Å². The maximum Gasteiger partial charge on any atom is 0.243 e. The van der Waals surface area contributed by atoms with Gasteiger partial charge in [-0.2, -0.15) is 0 Å². The Labute approximate surface area is 163 Å². The van der Waals surface area contributed by atoms with E-state index in [1.807, 2.05) is 52.0 Å². The summed E-state index contributed by atoms with van der Waals surface area (Å²) in [7, 11) is 1.24. The van der Waals surface area contributed by atoms with Crippen molar-refractivity contribution < 1.29 is 17.9 Å². The van der Waals surface area contributed by atoms with Crippen LogP contribution in [0.2, 0.25) is 0 Å². The minimum atomic E-state index is -3.57. The summed E-state index contributed by atoms with van der Waals surface area (Å²) < 4.78 is 38.4. The van der Waals surface area contributed by atoms with Crippen LogP contribution in [0.1, 0.15) is 27.8 Å². The van der Waals surface area contributed by atoms with Crippen molar-refractivity contribution in [3.63, 3.8) is 0 Å². The average Bonchev–Trinajstić information content (AvgIpc) is 2.64. The SMILES string of the molecule is COc1ccc(CCN(C)S(=O)(=O)c2c(C)c(C)cc(C)c2C)cc1OC. The zero-order valence-electron chi connectivity index (χ0n) is 17.2. The monoisotopic (exact) mass is 391 g/mol. The lowest BCUT2D eigenvalue weighted by molar-refractivity contribution is 0.354. The van der Waals surface area contributed by atoms with Crippen LogP contribution in [0.4, 0.5) is 0 Å². The largest absolute Gasteiger partial charge is 0.493 e. The van der Waals surface area contributed by atoms with Crippen LogP contribution in [0.25, 0.3) is 0 Å². The maximum atomic E-state index is 13.2. The van der Waals surface area contributed by atoms with Gasteiger partial charge in [-0.25, -0.2) is 12.7 Å². The minimum absolute atomic E-state index is 0.379. The zero-order valence-corrected chi connectivity index (χ0v) is 18.0. The fraction of sp³-hybridized carbons (Fsp3) is 0.429. The Balaban J connectivity index is 2.27. The number of rotatable bonds is 7. The van der Waals surface area contributed by atoms with E-state index >= 15 is 0 Å². The summed E-state index contributed by atoms with van der Waals surface area (Å²) in [5, 5.41) is 0. The van der Waals surface area contributed by atoms with Gasteiger partial charge in [0.25, 0.3) is 0 Å². The molecule has 0 radical (unpaired) electrons. The van der Waals surface area contributed by atoms with Crippen LogP contribution in [0.5, 0.6) is 11.5 Å². The Morgan fingerprint density at radius 1 is 0.889 bits per heavy atom. The third kappa shape index (κ3) is 4.28. The molecule has 6 heteroatoms. The number of sulfonamides is 1. The summed E-state index contributed by atoms with van der Waals surface area (Å²) in [6, 6.07) is 7.68. The van der Waals surface area contributed by atoms with E-state index in [0.717, 1.165) is 27.8 Å². The van der Waals surface area contributed by atoms with Gasteiger partial charge in [0.05, 0.1) is 19.1 Å². The van der Waals surface area contributed by atoms with Gasteiger partial charge in [-0.05, 0) is 74.1 Å². The fourth-order valence-electron chi connectivity index (χ4n) is 3.17. The lowest BCUT2D eigenvalue weighted by Gasteiger charge is -2.22. The van der Waals surface area contributed by atoms with E-state index in [1.54, 1.807) is 21.3 Å². The Morgan fingerprint density at radius 3 is 1.96 bits per heavy atom. The normalized spacial score (nSPS) is 11.7. The number of likely N-dealkylation sites (N-methyl/N-ethyl adjacent to an activating group) is 1. The Bertz CT molecular complexity index is 909. The molecule has 0 saturated carbocycles. The topological polar surface area (TPSA) is 55.8 Å². The molecule has 0 aliphatic rings. The van der Waals surface area contributed by atoms with Crippen LogP contribution in [0, 0.1) is 27.7 Å². The first-order valence-electron chi connectivity index (χ1n) is 8.88. The van der Waals surface area contributed by atoms with E-state index in [9.17, 15) is 8.42 Å². The molecule has 0 heterocycles. The van der Waals surface area contributed by atoms with Crippen molar-refractivity contribution in [1.82, 2.24) is 4.31 Å². The van der Waals surface area contributed by atoms with Gasteiger partial charge in [-0.1, -0.05) is 12.1 Å². The predicted molar refractivity (Wildman–Crippen MR) is 108 cm³/mol. The summed E-state index contributed by atoms with van der Waals surface area (Å²) in [6.07, 6.45) is 0.582. The van der Waals surface area contributed by atoms with Crippen LogP contribution in [-0.4, -0.2) is 40.5 Å². The third-order valence-electron chi connectivity index (χ3n) is 5.13. The van der Waals surface area contributed by atoms with Crippen molar-refractivity contribution in [3.8, 4) is 11.5 Å². The van der Waals surface area contributed by atoms with Crippen molar-refractivity contribution in [1.29, 1.82) is 0 Å². The van der Waals surface area contributed by atoms with Gasteiger partial charge >= 0.3 is 0 Å². The van der Waals surface area contributed by atoms with E-state index in [-0.39, 0.29) is 0 Å². The van der Waals surface area contributed by atoms with Crippen molar-refractivity contribution in [2.75, 3.05) is 27.8 Å². The highest BCUT2D eigenvalue weighted by molar-refractivity contribution is 7.89. The molecule has 0 aliphatic carbocycles.